The van der Waals surface area contributed by atoms with Crippen LogP contribution in [0.25, 0.3) is 0 Å². The molecular weight excluding hydrogens is 256 g/mol. The number of benzene rings is 1. The lowest BCUT2D eigenvalue weighted by molar-refractivity contribution is 0.415. The van der Waals surface area contributed by atoms with Crippen molar-refractivity contribution in [2.45, 2.75) is 9.92 Å². The maximum atomic E-state index is 6.04. The maximum Gasteiger partial charge on any atom is 0.120 e. The lowest BCUT2D eigenvalue weighted by Gasteiger charge is -2.07. The summed E-state index contributed by atoms with van der Waals surface area (Å²) < 4.78 is 5.09. The van der Waals surface area contributed by atoms with Crippen molar-refractivity contribution in [2.24, 2.45) is 0 Å². The molecule has 1 aromatic carbocycles. The molecule has 2 N–H and O–H groups in total. The summed E-state index contributed by atoms with van der Waals surface area (Å²) in [6.07, 6.45) is 1.70. The second-order valence-corrected chi connectivity index (χ2v) is 4.73. The molecule has 0 fully saturated rings. The highest BCUT2D eigenvalue weighted by Crippen LogP contribution is 2.35. The highest BCUT2D eigenvalue weighted by Gasteiger charge is 2.07. The lowest BCUT2D eigenvalue weighted by atomic mass is 10.3. The van der Waals surface area contributed by atoms with Crippen LogP contribution in [0.2, 0.25) is 5.02 Å². The Balaban J connectivity index is 2.28. The number of pyridine rings is 1. The zero-order valence-electron chi connectivity index (χ0n) is 9.18. The molecule has 0 bridgehead atoms. The van der Waals surface area contributed by atoms with Crippen LogP contribution in [0.5, 0.6) is 5.75 Å². The number of aromatic nitrogens is 1. The summed E-state index contributed by atoms with van der Waals surface area (Å²) in [6, 6.07) is 9.12. The Kier molecular flexibility index (Phi) is 3.76. The van der Waals surface area contributed by atoms with E-state index in [1.165, 1.54) is 11.8 Å². The SMILES string of the molecule is COc1ccc(Sc2ncccc2Cl)c(N)c1. The van der Waals surface area contributed by atoms with Gasteiger partial charge in [-0.15, -0.1) is 0 Å². The second kappa shape index (κ2) is 5.29. The van der Waals surface area contributed by atoms with Gasteiger partial charge in [0, 0.05) is 22.8 Å². The summed E-state index contributed by atoms with van der Waals surface area (Å²) in [5, 5.41) is 1.36. The van der Waals surface area contributed by atoms with Gasteiger partial charge < -0.3 is 10.5 Å². The van der Waals surface area contributed by atoms with Gasteiger partial charge in [-0.2, -0.15) is 0 Å². The van der Waals surface area contributed by atoms with Crippen molar-refractivity contribution in [1.82, 2.24) is 4.98 Å². The molecule has 0 aliphatic rings. The van der Waals surface area contributed by atoms with Crippen molar-refractivity contribution in [3.05, 3.63) is 41.6 Å². The smallest absolute Gasteiger partial charge is 0.120 e. The number of nitrogens with two attached hydrogens (primary N) is 1. The van der Waals surface area contributed by atoms with Crippen molar-refractivity contribution in [2.75, 3.05) is 12.8 Å². The average molecular weight is 267 g/mol. The Labute approximate surface area is 109 Å². The van der Waals surface area contributed by atoms with Gasteiger partial charge in [0.05, 0.1) is 12.1 Å². The number of anilines is 1. The van der Waals surface area contributed by atoms with E-state index in [9.17, 15) is 0 Å². The molecule has 0 amide bonds. The number of halogens is 1. The molecule has 3 nitrogen and oxygen atoms in total. The van der Waals surface area contributed by atoms with Gasteiger partial charge in [-0.1, -0.05) is 23.4 Å². The summed E-state index contributed by atoms with van der Waals surface area (Å²) in [5.41, 5.74) is 6.57. The average Bonchev–Trinajstić information content (AvgIpc) is 2.34. The molecular formula is C12H11ClN2OS. The van der Waals surface area contributed by atoms with Crippen LogP contribution in [0, 0.1) is 0 Å². The van der Waals surface area contributed by atoms with E-state index in [-0.39, 0.29) is 0 Å². The summed E-state index contributed by atoms with van der Waals surface area (Å²) in [4.78, 5) is 5.11. The topological polar surface area (TPSA) is 48.1 Å². The van der Waals surface area contributed by atoms with E-state index in [0.717, 1.165) is 15.7 Å². The molecule has 0 radical (unpaired) electrons. The van der Waals surface area contributed by atoms with E-state index in [1.807, 2.05) is 12.1 Å². The number of ether oxygens (including phenoxy) is 1. The first kappa shape index (κ1) is 12.1. The van der Waals surface area contributed by atoms with Crippen LogP contribution in [0.4, 0.5) is 5.69 Å². The van der Waals surface area contributed by atoms with Crippen LogP contribution in [0.1, 0.15) is 0 Å². The molecule has 0 unspecified atom stereocenters. The van der Waals surface area contributed by atoms with Gasteiger partial charge in [0.25, 0.3) is 0 Å². The second-order valence-electron chi connectivity index (χ2n) is 3.30. The van der Waals surface area contributed by atoms with Crippen molar-refractivity contribution in [3.63, 3.8) is 0 Å². The van der Waals surface area contributed by atoms with E-state index < -0.39 is 0 Å². The number of rotatable bonds is 3. The third-order valence-corrected chi connectivity index (χ3v) is 3.68. The first-order valence-corrected chi connectivity index (χ1v) is 6.12. The molecule has 2 rings (SSSR count). The van der Waals surface area contributed by atoms with E-state index >= 15 is 0 Å². The number of methoxy groups -OCH3 is 1. The number of hydrogen-bond donors (Lipinski definition) is 1. The first-order valence-electron chi connectivity index (χ1n) is 4.92. The molecule has 5 heteroatoms. The monoisotopic (exact) mass is 266 g/mol. The summed E-state index contributed by atoms with van der Waals surface area (Å²) in [7, 11) is 1.61. The standard InChI is InChI=1S/C12H11ClN2OS/c1-16-8-4-5-11(10(14)7-8)17-12-9(13)3-2-6-15-12/h2-7H,14H2,1H3. The van der Waals surface area contributed by atoms with Gasteiger partial charge in [0.1, 0.15) is 10.8 Å². The van der Waals surface area contributed by atoms with Gasteiger partial charge in [-0.05, 0) is 24.3 Å². The Morgan fingerprint density at radius 1 is 1.35 bits per heavy atom. The fourth-order valence-corrected chi connectivity index (χ4v) is 2.33. The third kappa shape index (κ3) is 2.84. The van der Waals surface area contributed by atoms with Crippen LogP contribution < -0.4 is 10.5 Å². The largest absolute Gasteiger partial charge is 0.497 e. The Morgan fingerprint density at radius 2 is 2.18 bits per heavy atom. The van der Waals surface area contributed by atoms with Crippen LogP contribution in [-0.2, 0) is 0 Å². The zero-order chi connectivity index (χ0) is 12.3. The molecule has 1 aromatic heterocycles. The molecule has 2 aromatic rings. The Bertz CT molecular complexity index is 534. The number of nitrogens with zero attached hydrogens (tertiary/aromatic N) is 1. The molecule has 0 aliphatic carbocycles. The van der Waals surface area contributed by atoms with Crippen molar-refractivity contribution in [3.8, 4) is 5.75 Å². The molecule has 88 valence electrons. The van der Waals surface area contributed by atoms with Gasteiger partial charge >= 0.3 is 0 Å². The van der Waals surface area contributed by atoms with Gasteiger partial charge in [0.2, 0.25) is 0 Å². The quantitative estimate of drug-likeness (QED) is 0.864. The van der Waals surface area contributed by atoms with Crippen molar-refractivity contribution < 1.29 is 4.74 Å². The van der Waals surface area contributed by atoms with Gasteiger partial charge in [-0.25, -0.2) is 4.98 Å². The summed E-state index contributed by atoms with van der Waals surface area (Å²) in [6.45, 7) is 0. The fraction of sp³-hybridized carbons (Fsp3) is 0.0833. The molecule has 0 saturated carbocycles. The molecule has 0 saturated heterocycles. The van der Waals surface area contributed by atoms with Crippen molar-refractivity contribution >= 4 is 29.1 Å². The highest BCUT2D eigenvalue weighted by atomic mass is 35.5. The minimum atomic E-state index is 0.618. The van der Waals surface area contributed by atoms with E-state index in [2.05, 4.69) is 4.98 Å². The maximum absolute atomic E-state index is 6.04. The predicted octanol–water partition coefficient (Wildman–Crippen LogP) is 3.48. The number of nitrogen functional groups attached to an aromatic ring is 1. The summed E-state index contributed by atoms with van der Waals surface area (Å²) >= 11 is 7.47. The van der Waals surface area contributed by atoms with Gasteiger partial charge in [-0.3, -0.25) is 0 Å². The van der Waals surface area contributed by atoms with Crippen LogP contribution in [0.15, 0.2) is 46.5 Å². The number of hydrogen-bond acceptors (Lipinski definition) is 4. The first-order chi connectivity index (χ1) is 8.20. The van der Waals surface area contributed by atoms with Crippen LogP contribution >= 0.6 is 23.4 Å². The minimum absolute atomic E-state index is 0.618. The van der Waals surface area contributed by atoms with Crippen LogP contribution in [-0.4, -0.2) is 12.1 Å². The molecule has 0 spiro atoms. The molecule has 0 atom stereocenters. The van der Waals surface area contributed by atoms with Crippen molar-refractivity contribution in [1.29, 1.82) is 0 Å². The fourth-order valence-electron chi connectivity index (χ4n) is 1.30. The molecule has 1 heterocycles. The highest BCUT2D eigenvalue weighted by molar-refractivity contribution is 7.99. The minimum Gasteiger partial charge on any atom is -0.497 e. The zero-order valence-corrected chi connectivity index (χ0v) is 10.8. The molecule has 0 aliphatic heterocycles. The Morgan fingerprint density at radius 3 is 2.82 bits per heavy atom. The lowest BCUT2D eigenvalue weighted by Crippen LogP contribution is -1.91. The molecule has 17 heavy (non-hydrogen) atoms. The summed E-state index contributed by atoms with van der Waals surface area (Å²) in [5.74, 6) is 0.735. The Hall–Kier alpha value is -1.39. The van der Waals surface area contributed by atoms with E-state index in [1.54, 1.807) is 31.5 Å². The van der Waals surface area contributed by atoms with E-state index in [0.29, 0.717) is 10.7 Å². The normalized spacial score (nSPS) is 10.2. The van der Waals surface area contributed by atoms with Crippen LogP contribution in [0.3, 0.4) is 0 Å². The third-order valence-electron chi connectivity index (χ3n) is 2.15. The van der Waals surface area contributed by atoms with Gasteiger partial charge in [0.15, 0.2) is 0 Å². The predicted molar refractivity (Wildman–Crippen MR) is 70.8 cm³/mol. The van der Waals surface area contributed by atoms with E-state index in [4.69, 9.17) is 22.1 Å².